The fourth-order valence-corrected chi connectivity index (χ4v) is 5.16. The quantitative estimate of drug-likeness (QED) is 0.155. The van der Waals surface area contributed by atoms with Gasteiger partial charge < -0.3 is 74.7 Å². The van der Waals surface area contributed by atoms with Crippen LogP contribution >= 0.6 is 0 Å². The van der Waals surface area contributed by atoms with Crippen molar-refractivity contribution in [2.24, 2.45) is 0 Å². The molecule has 0 radical (unpaired) electrons. The summed E-state index contributed by atoms with van der Waals surface area (Å²) in [4.78, 5) is 13.0. The molecule has 0 saturated carbocycles. The van der Waals surface area contributed by atoms with Crippen LogP contribution in [-0.2, 0) is 14.2 Å². The number of ether oxygens (including phenoxy) is 5. The number of ketones is 1. The summed E-state index contributed by atoms with van der Waals surface area (Å²) in [7, 11) is 0. The Hall–Kier alpha value is -3.29. The molecule has 11 unspecified atom stereocenters. The van der Waals surface area contributed by atoms with Gasteiger partial charge in [0, 0.05) is 6.07 Å². The Morgan fingerprint density at radius 2 is 1.51 bits per heavy atom. The maximum atomic E-state index is 13.0. The lowest BCUT2D eigenvalue weighted by Gasteiger charge is -2.43. The molecule has 2 saturated heterocycles. The number of carbonyl (C=O) groups excluding carboxylic acids is 1. The average molecular weight is 613 g/mol. The average Bonchev–Trinajstić information content (AvgIpc) is 2.97. The van der Waals surface area contributed by atoms with Crippen LogP contribution in [0.15, 0.2) is 30.3 Å². The Labute approximate surface area is 243 Å². The van der Waals surface area contributed by atoms with Gasteiger partial charge in [-0.25, -0.2) is 0 Å². The maximum Gasteiger partial charge on any atom is 0.229 e. The zero-order chi connectivity index (χ0) is 31.2. The van der Waals surface area contributed by atoms with Gasteiger partial charge in [-0.15, -0.1) is 0 Å². The molecule has 0 aliphatic carbocycles. The highest BCUT2D eigenvalue weighted by Gasteiger charge is 2.48. The van der Waals surface area contributed by atoms with Gasteiger partial charge in [-0.3, -0.25) is 4.79 Å². The van der Waals surface area contributed by atoms with Crippen LogP contribution < -0.4 is 9.47 Å². The Balaban J connectivity index is 1.31. The summed E-state index contributed by atoms with van der Waals surface area (Å²) in [6.07, 6.45) is -18.0. The lowest BCUT2D eigenvalue weighted by atomic mass is 9.95. The van der Waals surface area contributed by atoms with Crippen LogP contribution in [0.2, 0.25) is 0 Å². The van der Waals surface area contributed by atoms with Gasteiger partial charge in [0.15, 0.2) is 23.6 Å². The number of fused-ring (bicyclic) bond motifs is 1. The Bertz CT molecular complexity index is 1300. The van der Waals surface area contributed by atoms with Gasteiger partial charge in [-0.1, -0.05) is 12.1 Å². The van der Waals surface area contributed by atoms with E-state index in [1.165, 1.54) is 12.1 Å². The van der Waals surface area contributed by atoms with E-state index in [4.69, 9.17) is 23.7 Å². The van der Waals surface area contributed by atoms with E-state index in [-0.39, 0.29) is 23.5 Å². The number of hydrogen-bond acceptors (Lipinski definition) is 16. The van der Waals surface area contributed by atoms with Crippen molar-refractivity contribution in [3.05, 3.63) is 41.5 Å². The van der Waals surface area contributed by atoms with E-state index in [1.54, 1.807) is 12.1 Å². The minimum atomic E-state index is -1.94. The molecule has 3 heterocycles. The molecule has 2 fully saturated rings. The zero-order valence-corrected chi connectivity index (χ0v) is 22.3. The van der Waals surface area contributed by atoms with Gasteiger partial charge in [0.05, 0.1) is 19.6 Å². The lowest BCUT2D eigenvalue weighted by molar-refractivity contribution is -0.315. The fourth-order valence-electron chi connectivity index (χ4n) is 5.16. The van der Waals surface area contributed by atoms with E-state index < -0.39 is 104 Å². The van der Waals surface area contributed by atoms with Crippen LogP contribution in [0.3, 0.4) is 0 Å². The molecule has 11 atom stereocenters. The standard InChI is InChI=1S/C27H32O16/c28-7-15-18(32)22(36)25(26(38)41-15)39-8-16-19(33)21(35)23(37)27(42-16)43-24-12(31)6-14-17(20(24)34)11(30)5-13(40-14)9-1-3-10(29)4-2-9/h1-4,6,13,15-16,18-19,21-23,25-29,31-38H,5,7-8H2. The van der Waals surface area contributed by atoms with Crippen LogP contribution in [0.4, 0.5) is 0 Å². The van der Waals surface area contributed by atoms with Gasteiger partial charge in [-0.2, -0.15) is 0 Å². The Morgan fingerprint density at radius 1 is 0.837 bits per heavy atom. The smallest absolute Gasteiger partial charge is 0.229 e. The SMILES string of the molecule is O=C1CC(c2ccc(O)cc2)Oc2cc(O)c(OC3OC(COC4C(O)OC(CO)C(O)C4O)C(O)C(O)C3O)c(O)c21. The predicted octanol–water partition coefficient (Wildman–Crippen LogP) is -2.49. The Kier molecular flexibility index (Phi) is 8.96. The van der Waals surface area contributed by atoms with Crippen molar-refractivity contribution in [3.8, 4) is 28.7 Å². The Morgan fingerprint density at radius 3 is 2.19 bits per heavy atom. The molecule has 0 bridgehead atoms. The van der Waals surface area contributed by atoms with Crippen molar-refractivity contribution in [1.82, 2.24) is 0 Å². The second kappa shape index (κ2) is 12.4. The van der Waals surface area contributed by atoms with Crippen LogP contribution in [-0.4, -0.2) is 131 Å². The molecule has 5 rings (SSSR count). The molecule has 16 heteroatoms. The largest absolute Gasteiger partial charge is 0.508 e. The first-order valence-corrected chi connectivity index (χ1v) is 13.3. The molecule has 236 valence electrons. The summed E-state index contributed by atoms with van der Waals surface area (Å²) < 4.78 is 27.2. The number of phenols is 3. The monoisotopic (exact) mass is 612 g/mol. The molecule has 2 aromatic rings. The molecule has 3 aliphatic heterocycles. The van der Waals surface area contributed by atoms with E-state index in [2.05, 4.69) is 0 Å². The topological polar surface area (TPSA) is 266 Å². The number of aliphatic hydroxyl groups is 7. The van der Waals surface area contributed by atoms with Crippen LogP contribution in [0.5, 0.6) is 28.7 Å². The van der Waals surface area contributed by atoms with Crippen molar-refractivity contribution in [2.45, 2.75) is 73.9 Å². The second-order valence-electron chi connectivity index (χ2n) is 10.4. The number of aromatic hydroxyl groups is 3. The summed E-state index contributed by atoms with van der Waals surface area (Å²) in [5, 5.41) is 102. The predicted molar refractivity (Wildman–Crippen MR) is 137 cm³/mol. The summed E-state index contributed by atoms with van der Waals surface area (Å²) in [6.45, 7) is -1.36. The lowest BCUT2D eigenvalue weighted by Crippen LogP contribution is -2.62. The van der Waals surface area contributed by atoms with E-state index >= 15 is 0 Å². The first-order chi connectivity index (χ1) is 20.4. The highest BCUT2D eigenvalue weighted by Crippen LogP contribution is 2.49. The molecular weight excluding hydrogens is 580 g/mol. The van der Waals surface area contributed by atoms with Crippen molar-refractivity contribution >= 4 is 5.78 Å². The molecule has 0 amide bonds. The normalized spacial score (nSPS) is 36.1. The van der Waals surface area contributed by atoms with Crippen molar-refractivity contribution in [1.29, 1.82) is 0 Å². The summed E-state index contributed by atoms with van der Waals surface area (Å²) in [5.74, 6) is -3.00. The summed E-state index contributed by atoms with van der Waals surface area (Å²) in [6, 6.07) is 6.92. The summed E-state index contributed by atoms with van der Waals surface area (Å²) >= 11 is 0. The van der Waals surface area contributed by atoms with Crippen LogP contribution in [0.25, 0.3) is 0 Å². The molecule has 0 aromatic heterocycles. The van der Waals surface area contributed by atoms with E-state index in [1.807, 2.05) is 0 Å². The molecule has 0 spiro atoms. The number of aliphatic hydroxyl groups excluding tert-OH is 7. The van der Waals surface area contributed by atoms with Gasteiger partial charge >= 0.3 is 0 Å². The third-order valence-corrected chi connectivity index (χ3v) is 7.58. The van der Waals surface area contributed by atoms with E-state index in [0.717, 1.165) is 6.07 Å². The number of Topliss-reactive ketones (excluding diaryl/α,β-unsaturated/α-hetero) is 1. The number of carbonyl (C=O) groups is 1. The molecule has 3 aliphatic rings. The highest BCUT2D eigenvalue weighted by molar-refractivity contribution is 6.03. The first kappa shape index (κ1) is 31.1. The van der Waals surface area contributed by atoms with Crippen LogP contribution in [0, 0.1) is 0 Å². The van der Waals surface area contributed by atoms with Crippen molar-refractivity contribution < 1.29 is 79.5 Å². The van der Waals surface area contributed by atoms with Crippen molar-refractivity contribution in [2.75, 3.05) is 13.2 Å². The molecular formula is C27H32O16. The second-order valence-corrected chi connectivity index (χ2v) is 10.4. The highest BCUT2D eigenvalue weighted by atomic mass is 16.7. The van der Waals surface area contributed by atoms with Gasteiger partial charge in [0.25, 0.3) is 0 Å². The van der Waals surface area contributed by atoms with Gasteiger partial charge in [0.2, 0.25) is 12.0 Å². The molecule has 43 heavy (non-hydrogen) atoms. The van der Waals surface area contributed by atoms with Crippen LogP contribution in [0.1, 0.15) is 28.4 Å². The number of hydrogen-bond donors (Lipinski definition) is 10. The molecule has 2 aromatic carbocycles. The molecule has 10 N–H and O–H groups in total. The number of benzene rings is 2. The summed E-state index contributed by atoms with van der Waals surface area (Å²) in [5.41, 5.74) is 0.229. The number of rotatable bonds is 7. The third-order valence-electron chi connectivity index (χ3n) is 7.58. The number of phenolic OH excluding ortho intramolecular Hbond substituents is 3. The fraction of sp³-hybridized carbons (Fsp3) is 0.519. The minimum Gasteiger partial charge on any atom is -0.508 e. The van der Waals surface area contributed by atoms with Crippen molar-refractivity contribution in [3.63, 3.8) is 0 Å². The maximum absolute atomic E-state index is 13.0. The van der Waals surface area contributed by atoms with E-state index in [0.29, 0.717) is 5.56 Å². The van der Waals surface area contributed by atoms with Gasteiger partial charge in [-0.05, 0) is 17.7 Å². The first-order valence-electron chi connectivity index (χ1n) is 13.3. The van der Waals surface area contributed by atoms with E-state index in [9.17, 15) is 55.9 Å². The zero-order valence-electron chi connectivity index (χ0n) is 22.3. The molecule has 16 nitrogen and oxygen atoms in total. The minimum absolute atomic E-state index is 0.00935. The third kappa shape index (κ3) is 5.94. The van der Waals surface area contributed by atoms with Gasteiger partial charge in [0.1, 0.15) is 72.0 Å².